The highest BCUT2D eigenvalue weighted by Gasteiger charge is 2.03. The maximum atomic E-state index is 8.44. The van der Waals surface area contributed by atoms with Gasteiger partial charge in [-0.1, -0.05) is 12.1 Å². The minimum Gasteiger partial charge on any atom is -0.281 e. The summed E-state index contributed by atoms with van der Waals surface area (Å²) in [4.78, 5) is 5.61. The normalized spacial score (nSPS) is 13.0. The molecule has 0 radical (unpaired) electrons. The minimum absolute atomic E-state index is 0.0664. The Morgan fingerprint density at radius 1 is 1.44 bits per heavy atom. The molecular formula is C12H15N3S. The lowest BCUT2D eigenvalue weighted by atomic mass is 10.1. The van der Waals surface area contributed by atoms with Crippen LogP contribution in [0.2, 0.25) is 0 Å². The van der Waals surface area contributed by atoms with Gasteiger partial charge in [0.15, 0.2) is 6.19 Å². The zero-order chi connectivity index (χ0) is 12.0. The van der Waals surface area contributed by atoms with E-state index in [2.05, 4.69) is 40.8 Å². The van der Waals surface area contributed by atoms with Crippen molar-refractivity contribution >= 4 is 17.6 Å². The number of rotatable bonds is 3. The van der Waals surface area contributed by atoms with Gasteiger partial charge in [-0.05, 0) is 37.8 Å². The number of nitrogens with zero attached hydrogens (tertiary/aromatic N) is 2. The van der Waals surface area contributed by atoms with E-state index in [0.717, 1.165) is 5.56 Å². The third-order valence-corrected chi connectivity index (χ3v) is 2.97. The standard InChI is InChI=1S/C12H15N3S/c1-9(15-10(2)14-8-13)11-4-6-12(16-3)7-5-11/h4-7,9H,1-3H3,(H,14,15). The summed E-state index contributed by atoms with van der Waals surface area (Å²) in [6, 6.07) is 8.37. The van der Waals surface area contributed by atoms with Crippen LogP contribution in [-0.4, -0.2) is 12.1 Å². The van der Waals surface area contributed by atoms with Gasteiger partial charge >= 0.3 is 0 Å². The molecule has 0 bridgehead atoms. The predicted molar refractivity (Wildman–Crippen MR) is 68.5 cm³/mol. The molecule has 1 atom stereocenters. The summed E-state index contributed by atoms with van der Waals surface area (Å²) in [6.45, 7) is 3.80. The van der Waals surface area contributed by atoms with E-state index in [0.29, 0.717) is 5.84 Å². The first-order valence-electron chi connectivity index (χ1n) is 5.01. The van der Waals surface area contributed by atoms with Gasteiger partial charge in [-0.15, -0.1) is 11.8 Å². The van der Waals surface area contributed by atoms with E-state index >= 15 is 0 Å². The zero-order valence-electron chi connectivity index (χ0n) is 9.69. The van der Waals surface area contributed by atoms with Crippen LogP contribution in [0.3, 0.4) is 0 Å². The topological polar surface area (TPSA) is 48.2 Å². The van der Waals surface area contributed by atoms with Gasteiger partial charge in [-0.2, -0.15) is 5.26 Å². The second-order valence-corrected chi connectivity index (χ2v) is 4.28. The van der Waals surface area contributed by atoms with Crippen LogP contribution in [0.4, 0.5) is 0 Å². The fourth-order valence-electron chi connectivity index (χ4n) is 1.36. The Hall–Kier alpha value is -1.47. The van der Waals surface area contributed by atoms with Crippen LogP contribution < -0.4 is 5.32 Å². The van der Waals surface area contributed by atoms with Crippen molar-refractivity contribution in [3.05, 3.63) is 29.8 Å². The van der Waals surface area contributed by atoms with E-state index in [4.69, 9.17) is 5.26 Å². The number of aliphatic imine (C=N–C) groups is 1. The van der Waals surface area contributed by atoms with Gasteiger partial charge in [0.1, 0.15) is 5.84 Å². The number of benzene rings is 1. The molecule has 0 saturated heterocycles. The molecule has 3 nitrogen and oxygen atoms in total. The van der Waals surface area contributed by atoms with Crippen LogP contribution >= 0.6 is 11.8 Å². The third-order valence-electron chi connectivity index (χ3n) is 2.22. The average molecular weight is 233 g/mol. The van der Waals surface area contributed by atoms with Gasteiger partial charge in [-0.25, -0.2) is 0 Å². The quantitative estimate of drug-likeness (QED) is 0.287. The number of hydrogen-bond acceptors (Lipinski definition) is 3. The number of thioether (sulfide) groups is 1. The van der Waals surface area contributed by atoms with Crippen molar-refractivity contribution in [2.24, 2.45) is 4.99 Å². The van der Waals surface area contributed by atoms with Crippen LogP contribution in [0.5, 0.6) is 0 Å². The largest absolute Gasteiger partial charge is 0.281 e. The molecule has 1 rings (SSSR count). The molecule has 0 fully saturated rings. The molecule has 0 amide bonds. The van der Waals surface area contributed by atoms with E-state index in [9.17, 15) is 0 Å². The van der Waals surface area contributed by atoms with E-state index in [1.54, 1.807) is 18.7 Å². The molecule has 4 heteroatoms. The Morgan fingerprint density at radius 3 is 2.56 bits per heavy atom. The van der Waals surface area contributed by atoms with Gasteiger partial charge in [0.2, 0.25) is 0 Å². The summed E-state index contributed by atoms with van der Waals surface area (Å²) < 4.78 is 0. The van der Waals surface area contributed by atoms with Crippen molar-refractivity contribution in [3.8, 4) is 6.19 Å². The predicted octanol–water partition coefficient (Wildman–Crippen LogP) is 2.96. The van der Waals surface area contributed by atoms with Crippen molar-refractivity contribution < 1.29 is 0 Å². The molecule has 1 N–H and O–H groups in total. The molecule has 1 aromatic rings. The Balaban J connectivity index is 2.77. The second-order valence-electron chi connectivity index (χ2n) is 3.40. The van der Waals surface area contributed by atoms with E-state index < -0.39 is 0 Å². The maximum absolute atomic E-state index is 8.44. The molecule has 16 heavy (non-hydrogen) atoms. The molecule has 0 spiro atoms. The Kier molecular flexibility index (Phi) is 4.87. The van der Waals surface area contributed by atoms with Crippen molar-refractivity contribution in [3.63, 3.8) is 0 Å². The van der Waals surface area contributed by atoms with E-state index in [-0.39, 0.29) is 6.04 Å². The molecule has 1 aromatic carbocycles. The summed E-state index contributed by atoms with van der Waals surface area (Å²) in [5, 5.41) is 11.0. The molecule has 0 aromatic heterocycles. The van der Waals surface area contributed by atoms with Crippen LogP contribution in [0.1, 0.15) is 25.5 Å². The number of nitriles is 1. The Labute approximate surface area is 101 Å². The van der Waals surface area contributed by atoms with Crippen LogP contribution in [0.15, 0.2) is 34.2 Å². The first-order chi connectivity index (χ1) is 7.67. The second kappa shape index (κ2) is 6.19. The molecule has 0 aliphatic rings. The molecular weight excluding hydrogens is 218 g/mol. The van der Waals surface area contributed by atoms with Crippen molar-refractivity contribution in [2.75, 3.05) is 6.26 Å². The van der Waals surface area contributed by atoms with Gasteiger partial charge in [0.25, 0.3) is 0 Å². The van der Waals surface area contributed by atoms with Gasteiger partial charge in [0, 0.05) is 4.90 Å². The van der Waals surface area contributed by atoms with Crippen molar-refractivity contribution in [1.82, 2.24) is 5.32 Å². The highest BCUT2D eigenvalue weighted by atomic mass is 32.2. The van der Waals surface area contributed by atoms with Crippen LogP contribution in [0, 0.1) is 11.5 Å². The summed E-state index contributed by atoms with van der Waals surface area (Å²) in [7, 11) is 0. The fraction of sp³-hybridized carbons (Fsp3) is 0.333. The molecule has 0 aliphatic carbocycles. The maximum Gasteiger partial charge on any atom is 0.182 e. The van der Waals surface area contributed by atoms with Crippen molar-refractivity contribution in [1.29, 1.82) is 5.26 Å². The highest BCUT2D eigenvalue weighted by molar-refractivity contribution is 7.98. The summed E-state index contributed by atoms with van der Waals surface area (Å²) in [6.07, 6.45) is 3.91. The minimum atomic E-state index is 0.0664. The first-order valence-corrected chi connectivity index (χ1v) is 6.23. The lowest BCUT2D eigenvalue weighted by Crippen LogP contribution is -2.14. The third kappa shape index (κ3) is 3.59. The summed E-state index contributed by atoms with van der Waals surface area (Å²) >= 11 is 1.72. The Bertz CT molecular complexity index is 403. The van der Waals surface area contributed by atoms with Crippen LogP contribution in [-0.2, 0) is 0 Å². The molecule has 0 heterocycles. The number of hydrogen-bond donors (Lipinski definition) is 1. The Morgan fingerprint density at radius 2 is 2.06 bits per heavy atom. The molecule has 84 valence electrons. The van der Waals surface area contributed by atoms with E-state index in [1.807, 2.05) is 13.1 Å². The lowest BCUT2D eigenvalue weighted by molar-refractivity contribution is 0.811. The molecule has 1 unspecified atom stereocenters. The van der Waals surface area contributed by atoms with Gasteiger partial charge in [-0.3, -0.25) is 10.3 Å². The van der Waals surface area contributed by atoms with Crippen molar-refractivity contribution in [2.45, 2.75) is 24.8 Å². The molecule has 0 saturated carbocycles. The van der Waals surface area contributed by atoms with Gasteiger partial charge < -0.3 is 0 Å². The lowest BCUT2D eigenvalue weighted by Gasteiger charge is -2.08. The molecule has 0 aliphatic heterocycles. The number of nitrogens with one attached hydrogen (secondary N) is 1. The smallest absolute Gasteiger partial charge is 0.182 e. The first kappa shape index (κ1) is 12.6. The zero-order valence-corrected chi connectivity index (χ0v) is 10.5. The van der Waals surface area contributed by atoms with Crippen LogP contribution in [0.25, 0.3) is 0 Å². The summed E-state index contributed by atoms with van der Waals surface area (Å²) in [5.74, 6) is 0.643. The SMILES string of the molecule is CSc1ccc(C(C)N=C(C)NC#N)cc1. The average Bonchev–Trinajstić information content (AvgIpc) is 2.29. The highest BCUT2D eigenvalue weighted by Crippen LogP contribution is 2.21. The van der Waals surface area contributed by atoms with Gasteiger partial charge in [0.05, 0.1) is 6.04 Å². The number of amidine groups is 1. The fourth-order valence-corrected chi connectivity index (χ4v) is 1.77. The van der Waals surface area contributed by atoms with E-state index in [1.165, 1.54) is 4.90 Å². The monoisotopic (exact) mass is 233 g/mol. The summed E-state index contributed by atoms with van der Waals surface area (Å²) in [5.41, 5.74) is 1.15.